The zero-order chi connectivity index (χ0) is 99.3. The number of nitrogens with zero attached hydrogens (tertiary/aromatic N) is 12. The van der Waals surface area contributed by atoms with Crippen molar-refractivity contribution >= 4 is 92.1 Å². The van der Waals surface area contributed by atoms with Gasteiger partial charge in [-0.2, -0.15) is 43.9 Å². The number of sulfonamides is 3. The number of nitriles is 3. The first-order valence-corrected chi connectivity index (χ1v) is 55.4. The molecule has 1 amide bonds. The summed E-state index contributed by atoms with van der Waals surface area (Å²) in [5.41, 5.74) is 13.7. The van der Waals surface area contributed by atoms with E-state index in [-0.39, 0.29) is 45.5 Å². The standard InChI is InChI=1S/C35H39N5O4S2.C35H37N5O2S.C35H37N3O2S.C8H8ClNO/c1-24(2)22-25-12-10-21-35(32(23-36)39(3)30-18-9-15-27(25)33(30)35)38-46(43,44)37-34-20-11-19-31(34)40(29-17-8-7-16-28(29)34)45(41,42)26-13-5-4-6-14-26;1-24(2)22-25-12-10-21-35(32(23-36)39(3)30-18-9-15-27(25)33(30)35)38-37-34-20-11-19-31(34)40(29-17-8-7-16-28(29)34)43(41,42)26-13-5-4-6-14-26;1-24(2)22-25-12-10-21-35(32(23-36)37(3)30-18-9-15-27(25)33(30)35)34-20-11-19-31(34)38(29-17-8-7-16-28(29)34)41(39,40)26-13-5-4-6-14-26;1-10(9)8(11)7-5-3-2-4-6-7/h4-9,13-18,22,25,31-32,37-38H,10-12,19-21H2,1-3H3;4-9,13-18,22,25,31-32H,10-12,19-21H2,1-3H3;4-9,13-18,22,25,31-32H,10-12,19-21H2,1-3H3;2-6H,1H3/t3*25-,31-,32-,34+,35-;/m111./s1. The summed E-state index contributed by atoms with van der Waals surface area (Å²) in [6.07, 6.45) is 20.9. The summed E-state index contributed by atoms with van der Waals surface area (Å²) in [4.78, 5) is 18.1. The fourth-order valence-electron chi connectivity index (χ4n) is 27.1. The van der Waals surface area contributed by atoms with Crippen LogP contribution in [0.4, 0.5) is 34.1 Å². The summed E-state index contributed by atoms with van der Waals surface area (Å²) in [7, 11) is -8.56. The molecule has 0 radical (unpaired) electrons. The Balaban J connectivity index is 0.000000127. The highest BCUT2D eigenvalue weighted by molar-refractivity contribution is 7.93. The van der Waals surface area contributed by atoms with E-state index in [0.29, 0.717) is 72.3 Å². The summed E-state index contributed by atoms with van der Waals surface area (Å²) in [5.74, 6) is 0.437. The molecule has 15 atom stereocenters. The number of fused-ring (bicyclic) bond motifs is 10. The first-order valence-electron chi connectivity index (χ1n) is 49.3. The van der Waals surface area contributed by atoms with Gasteiger partial charge in [-0.25, -0.2) is 25.3 Å². The average Bonchev–Trinajstić information content (AvgIpc) is 1.48. The number of carbonyl (C=O) groups is 1. The Kier molecular flexibility index (Phi) is 26.0. The van der Waals surface area contributed by atoms with Crippen LogP contribution in [0.5, 0.6) is 0 Å². The first-order chi connectivity index (χ1) is 67.7. The van der Waals surface area contributed by atoms with Gasteiger partial charge in [-0.15, -0.1) is 0 Å². The largest absolute Gasteiger partial charge is 0.358 e. The Hall–Kier alpha value is -12.2. The van der Waals surface area contributed by atoms with E-state index in [2.05, 4.69) is 159 Å². The van der Waals surface area contributed by atoms with E-state index in [1.54, 1.807) is 124 Å². The number of hydrogen-bond donors (Lipinski definition) is 2. The molecular weight excluding hydrogens is 1860 g/mol. The first kappa shape index (κ1) is 97.6. The Bertz CT molecular complexity index is 7310. The maximum absolute atomic E-state index is 14.6. The molecule has 23 nitrogen and oxygen atoms in total. The summed E-state index contributed by atoms with van der Waals surface area (Å²) in [6.45, 7) is 12.7. The number of amides is 1. The number of anilines is 6. The predicted octanol–water partition coefficient (Wildman–Crippen LogP) is 22.2. The molecule has 10 aromatic rings. The molecule has 3 saturated carbocycles. The highest BCUT2D eigenvalue weighted by Crippen LogP contribution is 2.71. The van der Waals surface area contributed by atoms with Crippen LogP contribution < -0.4 is 37.1 Å². The Morgan fingerprint density at radius 3 is 1.24 bits per heavy atom. The second kappa shape index (κ2) is 37.6. The highest BCUT2D eigenvalue weighted by Gasteiger charge is 2.73. The van der Waals surface area contributed by atoms with Crippen molar-refractivity contribution < 1.29 is 38.5 Å². The minimum absolute atomic E-state index is 0.0985. The minimum Gasteiger partial charge on any atom is -0.358 e. The fraction of sp³-hybridized carbons (Fsp3) is 0.381. The van der Waals surface area contributed by atoms with E-state index < -0.39 is 97.4 Å². The van der Waals surface area contributed by atoms with Crippen molar-refractivity contribution in [1.82, 2.24) is 13.9 Å². The van der Waals surface area contributed by atoms with Crippen molar-refractivity contribution in [2.75, 3.05) is 55.8 Å². The van der Waals surface area contributed by atoms with E-state index in [1.165, 1.54) is 44.8 Å². The summed E-state index contributed by atoms with van der Waals surface area (Å²) < 4.78 is 127. The molecule has 12 aliphatic rings. The van der Waals surface area contributed by atoms with Crippen molar-refractivity contribution in [3.63, 3.8) is 0 Å². The molecule has 28 heteroatoms. The SMILES string of the molecule is CC(C)=C[C@H]1CCC[C@]2(N=N[C@]34CCC[C@H]3N(S(=O)(=O)c3ccccc3)c3ccccc34)c3c1cccc3N(C)[C@@H]2C#N.CC(C)=C[C@H]1CCC[C@]2(NS(=O)(=O)N[C@]34CCC[C@H]3N(S(=O)(=O)c3ccccc3)c3ccccc34)c3c1cccc3N(C)[C@@H]2C#N.CC(C)=C[C@H]1CCC[C@]2([C@]34CCC[C@H]3N(S(=O)(=O)c3ccccc3)c3ccccc34)c3c1cccc3N(C)[C@@H]2C#N.CN(Cl)C(=O)c1ccccc1. The van der Waals surface area contributed by atoms with Gasteiger partial charge in [0.05, 0.1) is 79.2 Å². The molecule has 2 N–H and O–H groups in total. The van der Waals surface area contributed by atoms with E-state index in [1.807, 2.05) is 97.9 Å². The monoisotopic (exact) mass is 1980 g/mol. The number of rotatable bonds is 17. The lowest BCUT2D eigenvalue weighted by molar-refractivity contribution is 0.0884. The van der Waals surface area contributed by atoms with Crippen LogP contribution in [0.15, 0.2) is 309 Å². The Morgan fingerprint density at radius 2 is 0.716 bits per heavy atom. The van der Waals surface area contributed by atoms with Gasteiger partial charge in [0.2, 0.25) is 0 Å². The number of allylic oxidation sites excluding steroid dienone is 6. The lowest BCUT2D eigenvalue weighted by atomic mass is 9.51. The smallest absolute Gasteiger partial charge is 0.278 e. The van der Waals surface area contributed by atoms with Gasteiger partial charge >= 0.3 is 0 Å². The average molecular weight is 1980 g/mol. The number of hydrogen-bond acceptors (Lipinski definition) is 17. The molecule has 728 valence electrons. The quantitative estimate of drug-likeness (QED) is 0.0486. The number of para-hydroxylation sites is 3. The van der Waals surface area contributed by atoms with Gasteiger partial charge < -0.3 is 14.7 Å². The van der Waals surface area contributed by atoms with Gasteiger partial charge in [-0.05, 0) is 256 Å². The molecule has 22 rings (SSSR count). The summed E-state index contributed by atoms with van der Waals surface area (Å²) >= 11 is 5.45. The van der Waals surface area contributed by atoms with Crippen LogP contribution in [-0.2, 0) is 73.3 Å². The van der Waals surface area contributed by atoms with Crippen molar-refractivity contribution in [2.45, 2.75) is 259 Å². The van der Waals surface area contributed by atoms with Crippen LogP contribution >= 0.6 is 11.8 Å². The third-order valence-corrected chi connectivity index (χ3v) is 39.1. The maximum atomic E-state index is 14.6. The van der Waals surface area contributed by atoms with E-state index >= 15 is 0 Å². The highest BCUT2D eigenvalue weighted by atomic mass is 35.5. The van der Waals surface area contributed by atoms with E-state index in [0.717, 1.165) is 126 Å². The van der Waals surface area contributed by atoms with Crippen LogP contribution in [0.1, 0.15) is 235 Å². The number of carbonyl (C=O) groups excluding carboxylic acids is 1. The van der Waals surface area contributed by atoms with Crippen LogP contribution in [0.2, 0.25) is 0 Å². The number of nitrogens with one attached hydrogen (secondary N) is 2. The van der Waals surface area contributed by atoms with E-state index in [9.17, 15) is 54.3 Å². The van der Waals surface area contributed by atoms with Crippen molar-refractivity contribution in [3.8, 4) is 18.2 Å². The van der Waals surface area contributed by atoms with Gasteiger partial charge in [-0.3, -0.25) is 22.1 Å². The molecule has 6 aliphatic carbocycles. The zero-order valence-corrected chi connectivity index (χ0v) is 85.4. The minimum atomic E-state index is -4.32. The number of halogens is 1. The molecule has 0 unspecified atom stereocenters. The molecular formula is C113H121ClN14O9S4. The van der Waals surface area contributed by atoms with Gasteiger partial charge in [0.15, 0.2) is 0 Å². The third kappa shape index (κ3) is 15.7. The second-order valence-corrected chi connectivity index (χ2v) is 48.2. The molecule has 6 heterocycles. The van der Waals surface area contributed by atoms with Gasteiger partial charge in [0, 0.05) is 108 Å². The number of likely N-dealkylation sites (N-methyl/N-ethyl adjacent to an activating group) is 3. The number of benzene rings is 10. The number of azo groups is 1. The lowest BCUT2D eigenvalue weighted by Crippen LogP contribution is -2.61. The van der Waals surface area contributed by atoms with Crippen LogP contribution in [-0.4, -0.2) is 108 Å². The summed E-state index contributed by atoms with van der Waals surface area (Å²) in [6, 6.07) is 81.7. The maximum Gasteiger partial charge on any atom is 0.278 e. The van der Waals surface area contributed by atoms with Crippen LogP contribution in [0, 0.1) is 34.0 Å². The molecule has 0 bridgehead atoms. The van der Waals surface area contributed by atoms with Crippen molar-refractivity contribution in [3.05, 3.63) is 339 Å². The van der Waals surface area contributed by atoms with Gasteiger partial charge in [0.1, 0.15) is 29.2 Å². The lowest BCUT2D eigenvalue weighted by Gasteiger charge is -2.51. The topological polar surface area (TPSA) is 296 Å². The van der Waals surface area contributed by atoms with Crippen LogP contribution in [0.3, 0.4) is 0 Å². The molecule has 6 aliphatic heterocycles. The molecule has 141 heavy (non-hydrogen) atoms. The molecule has 3 fully saturated rings. The normalized spacial score (nSPS) is 27.4. The fourth-order valence-corrected chi connectivity index (χ4v) is 34.2. The van der Waals surface area contributed by atoms with E-state index in [4.69, 9.17) is 22.0 Å². The molecule has 0 aromatic heterocycles. The Morgan fingerprint density at radius 1 is 0.369 bits per heavy atom. The van der Waals surface area contributed by atoms with Gasteiger partial charge in [-0.1, -0.05) is 218 Å². The predicted molar refractivity (Wildman–Crippen MR) is 556 cm³/mol. The second-order valence-electron chi connectivity index (χ2n) is 40.8. The van der Waals surface area contributed by atoms with Crippen LogP contribution in [0.25, 0.3) is 0 Å². The zero-order valence-electron chi connectivity index (χ0n) is 81.4. The third-order valence-electron chi connectivity index (χ3n) is 32.2. The summed E-state index contributed by atoms with van der Waals surface area (Å²) in [5, 5.41) is 42.8. The van der Waals surface area contributed by atoms with Crippen molar-refractivity contribution in [1.29, 1.82) is 15.8 Å². The Labute approximate surface area is 836 Å². The molecule has 0 saturated heterocycles. The van der Waals surface area contributed by atoms with Gasteiger partial charge in [0.25, 0.3) is 46.2 Å². The molecule has 0 spiro atoms. The van der Waals surface area contributed by atoms with Crippen molar-refractivity contribution in [2.24, 2.45) is 10.2 Å². The molecule has 10 aromatic carbocycles.